The molecule has 9 nitrogen and oxygen atoms in total. The maximum Gasteiger partial charge on any atom is 0.425 e. The lowest BCUT2D eigenvalue weighted by atomic mass is 10.00. The van der Waals surface area contributed by atoms with Crippen molar-refractivity contribution < 1.29 is 37.1 Å². The number of hydrogen-bond acceptors (Lipinski definition) is 5. The van der Waals surface area contributed by atoms with Gasteiger partial charge in [0.15, 0.2) is 6.10 Å². The summed E-state index contributed by atoms with van der Waals surface area (Å²) in [7, 11) is 1.57. The second-order valence-electron chi connectivity index (χ2n) is 12.3. The number of rotatable bonds is 13. The lowest BCUT2D eigenvalue weighted by Gasteiger charge is -2.19. The van der Waals surface area contributed by atoms with E-state index in [9.17, 15) is 32.3 Å². The zero-order chi connectivity index (χ0) is 40.0. The van der Waals surface area contributed by atoms with Crippen molar-refractivity contribution in [2.24, 2.45) is 5.73 Å². The molecule has 0 saturated heterocycles. The highest BCUT2D eigenvalue weighted by atomic mass is 35.5. The monoisotopic (exact) mass is 772 g/mol. The molecule has 4 amide bonds. The molecule has 5 rings (SSSR count). The third-order valence-electron chi connectivity index (χ3n) is 8.30. The van der Waals surface area contributed by atoms with Gasteiger partial charge in [-0.1, -0.05) is 115 Å². The van der Waals surface area contributed by atoms with Crippen LogP contribution in [0.15, 0.2) is 133 Å². The first kappa shape index (κ1) is 41.6. The van der Waals surface area contributed by atoms with Crippen LogP contribution in [0.5, 0.6) is 5.75 Å². The standard InChI is InChI=1S/C23H22N2O2.C19H18ClF3N2O3/c1-24-23(27)21(25-22(26)20-10-6-3-7-11-20)16-17-12-14-19(15-13-17)18-8-4-2-5-9-18;1-11(19(21,22)23)28-16-8-7-13(10-14(16)20)18(27)25-15(17(24)26)9-12-5-3-2-4-6-12/h2-15,21H,16H2,1H3,(H,24,27)(H,25,26);2-8,10-11,15H,9H2,1H3,(H2,24,26)(H,25,27). The van der Waals surface area contributed by atoms with Gasteiger partial charge >= 0.3 is 6.18 Å². The summed E-state index contributed by atoms with van der Waals surface area (Å²) in [6, 6.07) is 38.0. The van der Waals surface area contributed by atoms with Crippen molar-refractivity contribution in [3.63, 3.8) is 0 Å². The normalized spacial score (nSPS) is 12.5. The van der Waals surface area contributed by atoms with Crippen molar-refractivity contribution in [3.05, 3.63) is 161 Å². The van der Waals surface area contributed by atoms with Gasteiger partial charge in [-0.2, -0.15) is 13.2 Å². The molecule has 0 radical (unpaired) electrons. The van der Waals surface area contributed by atoms with Gasteiger partial charge in [-0.25, -0.2) is 0 Å². The van der Waals surface area contributed by atoms with Crippen molar-refractivity contribution in [3.8, 4) is 16.9 Å². The largest absolute Gasteiger partial charge is 0.480 e. The third kappa shape index (κ3) is 12.7. The Morgan fingerprint density at radius 3 is 1.71 bits per heavy atom. The molecule has 5 aromatic carbocycles. The van der Waals surface area contributed by atoms with E-state index in [4.69, 9.17) is 22.1 Å². The van der Waals surface area contributed by atoms with Crippen LogP contribution < -0.4 is 26.4 Å². The number of likely N-dealkylation sites (N-methyl/N-ethyl adjacent to an activating group) is 1. The molecule has 3 unspecified atom stereocenters. The highest BCUT2D eigenvalue weighted by Crippen LogP contribution is 2.31. The molecule has 0 heterocycles. The van der Waals surface area contributed by atoms with Crippen LogP contribution in [-0.4, -0.2) is 55.0 Å². The van der Waals surface area contributed by atoms with Crippen LogP contribution in [0.25, 0.3) is 11.1 Å². The maximum atomic E-state index is 12.6. The van der Waals surface area contributed by atoms with Gasteiger partial charge in [0.05, 0.1) is 5.02 Å². The summed E-state index contributed by atoms with van der Waals surface area (Å²) in [5.74, 6) is -2.05. The van der Waals surface area contributed by atoms with Gasteiger partial charge in [0, 0.05) is 31.0 Å². The lowest BCUT2D eigenvalue weighted by Crippen LogP contribution is -2.47. The van der Waals surface area contributed by atoms with Crippen molar-refractivity contribution in [1.29, 1.82) is 0 Å². The average Bonchev–Trinajstić information content (AvgIpc) is 3.19. The van der Waals surface area contributed by atoms with Crippen LogP contribution in [0.3, 0.4) is 0 Å². The molecule has 3 atom stereocenters. The lowest BCUT2D eigenvalue weighted by molar-refractivity contribution is -0.189. The second kappa shape index (κ2) is 19.8. The summed E-state index contributed by atoms with van der Waals surface area (Å²) in [5, 5.41) is 7.79. The smallest absolute Gasteiger partial charge is 0.425 e. The Bertz CT molecular complexity index is 2030. The van der Waals surface area contributed by atoms with Crippen LogP contribution >= 0.6 is 11.6 Å². The average molecular weight is 773 g/mol. The van der Waals surface area contributed by atoms with E-state index in [1.54, 1.807) is 55.6 Å². The number of hydrogen-bond donors (Lipinski definition) is 4. The fourth-order valence-corrected chi connectivity index (χ4v) is 5.45. The van der Waals surface area contributed by atoms with E-state index in [1.807, 2.05) is 54.6 Å². The Morgan fingerprint density at radius 1 is 0.673 bits per heavy atom. The molecule has 5 N–H and O–H groups in total. The van der Waals surface area contributed by atoms with Crippen molar-refractivity contribution in [1.82, 2.24) is 16.0 Å². The van der Waals surface area contributed by atoms with Crippen molar-refractivity contribution in [2.45, 2.75) is 44.1 Å². The molecule has 13 heteroatoms. The number of primary amides is 1. The zero-order valence-electron chi connectivity index (χ0n) is 30.0. The molecule has 286 valence electrons. The molecule has 0 spiro atoms. The molecule has 0 bridgehead atoms. The van der Waals surface area contributed by atoms with Gasteiger partial charge in [0.25, 0.3) is 11.8 Å². The fraction of sp³-hybridized carbons (Fsp3) is 0.190. The van der Waals surface area contributed by atoms with E-state index in [0.29, 0.717) is 12.0 Å². The van der Waals surface area contributed by atoms with Crippen molar-refractivity contribution >= 4 is 35.2 Å². The van der Waals surface area contributed by atoms with E-state index in [0.717, 1.165) is 41.3 Å². The molecule has 55 heavy (non-hydrogen) atoms. The Kier molecular flexibility index (Phi) is 15.0. The quantitative estimate of drug-likeness (QED) is 0.103. The number of carbonyl (C=O) groups is 4. The van der Waals surface area contributed by atoms with E-state index < -0.39 is 36.2 Å². The number of halogens is 4. The van der Waals surface area contributed by atoms with Gasteiger partial charge in [0.1, 0.15) is 17.8 Å². The summed E-state index contributed by atoms with van der Waals surface area (Å²) in [5.41, 5.74) is 9.98. The minimum Gasteiger partial charge on any atom is -0.480 e. The molecule has 0 aliphatic carbocycles. The Balaban J connectivity index is 0.000000245. The Hall–Kier alpha value is -6.14. The van der Waals surface area contributed by atoms with Crippen LogP contribution in [0.2, 0.25) is 5.02 Å². The second-order valence-corrected chi connectivity index (χ2v) is 12.7. The van der Waals surface area contributed by atoms with E-state index in [2.05, 4.69) is 28.1 Å². The van der Waals surface area contributed by atoms with Crippen molar-refractivity contribution in [2.75, 3.05) is 7.05 Å². The van der Waals surface area contributed by atoms with Crippen LogP contribution in [0.1, 0.15) is 38.8 Å². The number of alkyl halides is 3. The molecular weight excluding hydrogens is 733 g/mol. The molecule has 0 aliphatic heterocycles. The van der Waals surface area contributed by atoms with Crippen LogP contribution in [0.4, 0.5) is 13.2 Å². The van der Waals surface area contributed by atoms with E-state index in [1.165, 1.54) is 6.07 Å². The number of ether oxygens (including phenoxy) is 1. The molecule has 0 aliphatic rings. The zero-order valence-corrected chi connectivity index (χ0v) is 30.7. The molecule has 0 aromatic heterocycles. The SMILES string of the molecule is CC(Oc1ccc(C(=O)NC(Cc2ccccc2)C(N)=O)cc1Cl)C(F)(F)F.CNC(=O)C(Cc1ccc(-c2ccccc2)cc1)NC(=O)c1ccccc1. The predicted molar refractivity (Wildman–Crippen MR) is 206 cm³/mol. The highest BCUT2D eigenvalue weighted by Gasteiger charge is 2.38. The minimum absolute atomic E-state index is 0.0522. The molecule has 5 aromatic rings. The summed E-state index contributed by atoms with van der Waals surface area (Å²) in [4.78, 5) is 48.7. The van der Waals surface area contributed by atoms with E-state index in [-0.39, 0.29) is 34.6 Å². The Morgan fingerprint density at radius 2 is 1.16 bits per heavy atom. The van der Waals surface area contributed by atoms with Gasteiger partial charge in [-0.3, -0.25) is 19.2 Å². The fourth-order valence-electron chi connectivity index (χ4n) is 5.22. The summed E-state index contributed by atoms with van der Waals surface area (Å²) >= 11 is 5.93. The van der Waals surface area contributed by atoms with Gasteiger partial charge in [-0.15, -0.1) is 0 Å². The maximum absolute atomic E-state index is 12.6. The number of benzene rings is 5. The summed E-state index contributed by atoms with van der Waals surface area (Å²) < 4.78 is 42.6. The highest BCUT2D eigenvalue weighted by molar-refractivity contribution is 6.32. The number of carbonyl (C=O) groups excluding carboxylic acids is 4. The topological polar surface area (TPSA) is 140 Å². The predicted octanol–water partition coefficient (Wildman–Crippen LogP) is 6.94. The van der Waals surface area contributed by atoms with Crippen LogP contribution in [-0.2, 0) is 22.4 Å². The van der Waals surface area contributed by atoms with Gasteiger partial charge in [0.2, 0.25) is 11.8 Å². The molecule has 0 fully saturated rings. The van der Waals surface area contributed by atoms with E-state index >= 15 is 0 Å². The first-order valence-corrected chi connectivity index (χ1v) is 17.5. The molecular formula is C42H40ClF3N4O5. The van der Waals surface area contributed by atoms with Gasteiger partial charge < -0.3 is 26.4 Å². The number of nitrogens with one attached hydrogen (secondary N) is 3. The summed E-state index contributed by atoms with van der Waals surface area (Å²) in [6.07, 6.45) is -5.99. The van der Waals surface area contributed by atoms with Crippen LogP contribution in [0, 0.1) is 0 Å². The first-order chi connectivity index (χ1) is 26.2. The minimum atomic E-state index is -4.55. The third-order valence-corrected chi connectivity index (χ3v) is 8.59. The number of nitrogens with two attached hydrogens (primary N) is 1. The first-order valence-electron chi connectivity index (χ1n) is 17.1. The Labute approximate surface area is 322 Å². The molecule has 0 saturated carbocycles. The summed E-state index contributed by atoms with van der Waals surface area (Å²) in [6.45, 7) is 0.845. The van der Waals surface area contributed by atoms with Gasteiger partial charge in [-0.05, 0) is 59.5 Å². The number of amides is 4.